The van der Waals surface area contributed by atoms with E-state index in [1.165, 1.54) is 0 Å². The van der Waals surface area contributed by atoms with E-state index in [9.17, 15) is 0 Å². The molecule has 23 heavy (non-hydrogen) atoms. The molecule has 0 aliphatic heterocycles. The summed E-state index contributed by atoms with van der Waals surface area (Å²) in [7, 11) is 0. The number of benzene rings is 2. The van der Waals surface area contributed by atoms with Crippen LogP contribution < -0.4 is 11.5 Å². The summed E-state index contributed by atoms with van der Waals surface area (Å²) in [6.07, 6.45) is 4.00. The first-order valence-corrected chi connectivity index (χ1v) is 7.32. The third-order valence-electron chi connectivity index (χ3n) is 2.99. The van der Waals surface area contributed by atoms with Gasteiger partial charge in [-0.05, 0) is 39.8 Å². The lowest BCUT2D eigenvalue weighted by atomic mass is 10.1. The minimum absolute atomic E-state index is 0. The second kappa shape index (κ2) is 9.54. The first-order valence-electron chi connectivity index (χ1n) is 6.24. The molecule has 0 saturated carbocycles. The summed E-state index contributed by atoms with van der Waals surface area (Å²) in [6.45, 7) is 0. The highest BCUT2D eigenvalue weighted by Gasteiger charge is 2.01. The average Bonchev–Trinajstić information content (AvgIpc) is 2.46. The molecule has 0 aliphatic carbocycles. The van der Waals surface area contributed by atoms with Crippen LogP contribution in [0.3, 0.4) is 0 Å². The van der Waals surface area contributed by atoms with E-state index in [2.05, 4.69) is 22.6 Å². The van der Waals surface area contributed by atoms with E-state index in [4.69, 9.17) is 22.3 Å². The van der Waals surface area contributed by atoms with Gasteiger partial charge in [-0.25, -0.2) is 0 Å². The van der Waals surface area contributed by atoms with Gasteiger partial charge in [0.25, 0.3) is 0 Å². The molecule has 7 heteroatoms. The fraction of sp³-hybridized carbons (Fsp3) is 0. The van der Waals surface area contributed by atoms with Gasteiger partial charge in [-0.15, -0.1) is 24.8 Å². The van der Waals surface area contributed by atoms with Crippen molar-refractivity contribution in [1.29, 1.82) is 10.8 Å². The van der Waals surface area contributed by atoms with E-state index in [1.54, 1.807) is 0 Å². The number of halogens is 3. The Morgan fingerprint density at radius 3 is 1.83 bits per heavy atom. The second-order valence-electron chi connectivity index (χ2n) is 4.52. The van der Waals surface area contributed by atoms with Crippen LogP contribution in [0.1, 0.15) is 22.3 Å². The van der Waals surface area contributed by atoms with E-state index >= 15 is 0 Å². The lowest BCUT2D eigenvalue weighted by Crippen LogP contribution is -2.11. The van der Waals surface area contributed by atoms with Gasteiger partial charge in [0.05, 0.1) is 0 Å². The molecular formula is C16H17Cl2IN4. The van der Waals surface area contributed by atoms with Crippen LogP contribution in [-0.4, -0.2) is 11.7 Å². The van der Waals surface area contributed by atoms with Gasteiger partial charge in [-0.2, -0.15) is 0 Å². The van der Waals surface area contributed by atoms with Crippen LogP contribution in [0.15, 0.2) is 42.5 Å². The maximum Gasteiger partial charge on any atom is 0.122 e. The minimum Gasteiger partial charge on any atom is -0.384 e. The van der Waals surface area contributed by atoms with Gasteiger partial charge in [-0.3, -0.25) is 10.8 Å². The van der Waals surface area contributed by atoms with Crippen molar-refractivity contribution in [2.45, 2.75) is 0 Å². The maximum atomic E-state index is 7.42. The first-order chi connectivity index (χ1) is 9.97. The zero-order valence-electron chi connectivity index (χ0n) is 12.0. The minimum atomic E-state index is 0. The molecule has 6 N–H and O–H groups in total. The third kappa shape index (κ3) is 5.85. The van der Waals surface area contributed by atoms with Crippen LogP contribution in [-0.2, 0) is 0 Å². The van der Waals surface area contributed by atoms with E-state index in [-0.39, 0.29) is 36.5 Å². The summed E-state index contributed by atoms with van der Waals surface area (Å²) in [5, 5.41) is 14.8. The van der Waals surface area contributed by atoms with Crippen molar-refractivity contribution in [3.05, 3.63) is 68.3 Å². The smallest absolute Gasteiger partial charge is 0.122 e. The molecule has 0 heterocycles. The Balaban J connectivity index is 0.00000242. The third-order valence-corrected chi connectivity index (χ3v) is 3.92. The largest absolute Gasteiger partial charge is 0.384 e. The quantitative estimate of drug-likeness (QED) is 0.240. The van der Waals surface area contributed by atoms with Gasteiger partial charge in [0.2, 0.25) is 0 Å². The molecule has 0 fully saturated rings. The lowest BCUT2D eigenvalue weighted by molar-refractivity contribution is 1.41. The maximum absolute atomic E-state index is 7.42. The number of amidine groups is 2. The standard InChI is InChI=1S/C16H15IN4.2ClH/c17-14-9-13(16(20)21)8-7-11(14)4-1-10-2-5-12(6-3-10)15(18)19;;/h1-9H,(H3,18,19)(H3,20,21);2*1H/b4-1+;;. The summed E-state index contributed by atoms with van der Waals surface area (Å²) < 4.78 is 1.04. The second-order valence-corrected chi connectivity index (χ2v) is 5.68. The van der Waals surface area contributed by atoms with Gasteiger partial charge in [0, 0.05) is 14.7 Å². The van der Waals surface area contributed by atoms with Crippen LogP contribution in [0, 0.1) is 14.4 Å². The van der Waals surface area contributed by atoms with Crippen molar-refractivity contribution in [3.63, 3.8) is 0 Å². The van der Waals surface area contributed by atoms with Gasteiger partial charge in [0.1, 0.15) is 11.7 Å². The molecule has 0 aliphatic rings. The van der Waals surface area contributed by atoms with Crippen LogP contribution in [0.2, 0.25) is 0 Å². The van der Waals surface area contributed by atoms with Gasteiger partial charge >= 0.3 is 0 Å². The molecule has 0 aromatic heterocycles. The molecule has 0 saturated heterocycles. The van der Waals surface area contributed by atoms with E-state index in [1.807, 2.05) is 54.6 Å². The van der Waals surface area contributed by atoms with Crippen LogP contribution >= 0.6 is 47.4 Å². The number of nitrogens with one attached hydrogen (secondary N) is 2. The van der Waals surface area contributed by atoms with E-state index < -0.39 is 0 Å². The van der Waals surface area contributed by atoms with Crippen molar-refractivity contribution in [2.75, 3.05) is 0 Å². The Hall–Kier alpha value is -1.57. The summed E-state index contributed by atoms with van der Waals surface area (Å²) in [6, 6.07) is 13.2. The molecular weight excluding hydrogens is 446 g/mol. The molecule has 0 amide bonds. The van der Waals surface area contributed by atoms with Crippen molar-refractivity contribution < 1.29 is 0 Å². The number of nitrogens with two attached hydrogens (primary N) is 2. The van der Waals surface area contributed by atoms with Crippen molar-refractivity contribution in [1.82, 2.24) is 0 Å². The lowest BCUT2D eigenvalue weighted by Gasteiger charge is -2.03. The number of hydrogen-bond acceptors (Lipinski definition) is 2. The molecule has 0 unspecified atom stereocenters. The molecule has 0 radical (unpaired) electrons. The molecule has 2 aromatic carbocycles. The van der Waals surface area contributed by atoms with Crippen molar-refractivity contribution in [2.24, 2.45) is 11.5 Å². The monoisotopic (exact) mass is 462 g/mol. The summed E-state index contributed by atoms with van der Waals surface area (Å²) >= 11 is 2.23. The van der Waals surface area contributed by atoms with Gasteiger partial charge < -0.3 is 11.5 Å². The summed E-state index contributed by atoms with van der Waals surface area (Å²) in [4.78, 5) is 0. The molecule has 2 rings (SSSR count). The van der Waals surface area contributed by atoms with E-state index in [0.29, 0.717) is 5.56 Å². The Labute approximate surface area is 161 Å². The molecule has 0 bridgehead atoms. The Morgan fingerprint density at radius 1 is 0.826 bits per heavy atom. The highest BCUT2D eigenvalue weighted by atomic mass is 127. The summed E-state index contributed by atoms with van der Waals surface area (Å²) in [5.41, 5.74) is 14.4. The molecule has 2 aromatic rings. The fourth-order valence-corrected chi connectivity index (χ4v) is 2.48. The van der Waals surface area contributed by atoms with Crippen molar-refractivity contribution in [3.8, 4) is 0 Å². The number of hydrogen-bond donors (Lipinski definition) is 4. The zero-order chi connectivity index (χ0) is 15.4. The van der Waals surface area contributed by atoms with Crippen LogP contribution in [0.25, 0.3) is 12.2 Å². The van der Waals surface area contributed by atoms with Crippen LogP contribution in [0.4, 0.5) is 0 Å². The average molecular weight is 463 g/mol. The highest BCUT2D eigenvalue weighted by Crippen LogP contribution is 2.17. The normalized spacial score (nSPS) is 9.78. The topological polar surface area (TPSA) is 99.7 Å². The summed E-state index contributed by atoms with van der Waals surface area (Å²) in [5.74, 6) is 0.142. The number of nitrogen functional groups attached to an aromatic ring is 2. The molecule has 0 spiro atoms. The highest BCUT2D eigenvalue weighted by molar-refractivity contribution is 14.1. The molecule has 0 atom stereocenters. The predicted molar refractivity (Wildman–Crippen MR) is 111 cm³/mol. The Bertz CT molecular complexity index is 727. The first kappa shape index (κ1) is 21.4. The van der Waals surface area contributed by atoms with Gasteiger partial charge in [-0.1, -0.05) is 48.6 Å². The predicted octanol–water partition coefficient (Wildman–Crippen LogP) is 3.87. The molecule has 4 nitrogen and oxygen atoms in total. The van der Waals surface area contributed by atoms with E-state index in [0.717, 1.165) is 20.3 Å². The van der Waals surface area contributed by atoms with Gasteiger partial charge in [0.15, 0.2) is 0 Å². The van der Waals surface area contributed by atoms with Crippen molar-refractivity contribution >= 4 is 71.2 Å². The number of rotatable bonds is 4. The Morgan fingerprint density at radius 2 is 1.35 bits per heavy atom. The fourth-order valence-electron chi connectivity index (χ4n) is 1.79. The molecule has 122 valence electrons. The SMILES string of the molecule is Cl.Cl.N=C(N)c1ccc(/C=C/c2ccc(C(=N)N)cc2I)cc1. The zero-order valence-corrected chi connectivity index (χ0v) is 15.8. The Kier molecular flexibility index (Phi) is 8.89. The van der Waals surface area contributed by atoms with Crippen LogP contribution in [0.5, 0.6) is 0 Å².